The number of hydrogen-bond donors (Lipinski definition) is 1. The van der Waals surface area contributed by atoms with Gasteiger partial charge >= 0.3 is 5.97 Å². The Labute approximate surface area is 112 Å². The molecule has 1 N–H and O–H groups in total. The van der Waals surface area contributed by atoms with Gasteiger partial charge in [-0.3, -0.25) is 5.10 Å². The maximum atomic E-state index is 11.4. The molecule has 0 aliphatic heterocycles. The van der Waals surface area contributed by atoms with Crippen LogP contribution in [0.5, 0.6) is 5.88 Å². The van der Waals surface area contributed by atoms with E-state index in [1.165, 1.54) is 31.3 Å². The summed E-state index contributed by atoms with van der Waals surface area (Å²) >= 11 is 0. The third kappa shape index (κ3) is 1.85. The monoisotopic (exact) mass is 274 g/mol. The average Bonchev–Trinajstić information content (AvgIpc) is 3.13. The van der Waals surface area contributed by atoms with E-state index in [0.717, 1.165) is 0 Å². The summed E-state index contributed by atoms with van der Waals surface area (Å²) in [6, 6.07) is 0. The first-order valence-corrected chi connectivity index (χ1v) is 5.61. The van der Waals surface area contributed by atoms with Gasteiger partial charge in [0.25, 0.3) is 5.95 Å². The lowest BCUT2D eigenvalue weighted by Gasteiger charge is -2.03. The van der Waals surface area contributed by atoms with Crippen LogP contribution in [-0.2, 0) is 4.74 Å². The van der Waals surface area contributed by atoms with Crippen LogP contribution in [-0.4, -0.2) is 50.1 Å². The lowest BCUT2D eigenvalue weighted by Crippen LogP contribution is -2.04. The molecule has 0 fully saturated rings. The Morgan fingerprint density at radius 2 is 2.15 bits per heavy atom. The molecule has 0 saturated carbocycles. The minimum atomic E-state index is -0.479. The van der Waals surface area contributed by atoms with E-state index in [1.807, 2.05) is 0 Å². The van der Waals surface area contributed by atoms with Crippen molar-refractivity contribution in [2.75, 3.05) is 14.2 Å². The quantitative estimate of drug-likeness (QED) is 0.686. The van der Waals surface area contributed by atoms with Crippen molar-refractivity contribution in [1.29, 1.82) is 0 Å². The minimum absolute atomic E-state index is 0.269. The van der Waals surface area contributed by atoms with Gasteiger partial charge in [0.2, 0.25) is 5.88 Å². The van der Waals surface area contributed by atoms with E-state index in [4.69, 9.17) is 4.74 Å². The highest BCUT2D eigenvalue weighted by molar-refractivity contribution is 5.88. The van der Waals surface area contributed by atoms with Gasteiger partial charge in [-0.15, -0.1) is 0 Å². The van der Waals surface area contributed by atoms with Crippen molar-refractivity contribution < 1.29 is 14.3 Å². The van der Waals surface area contributed by atoms with E-state index < -0.39 is 5.97 Å². The largest absolute Gasteiger partial charge is 0.479 e. The number of rotatable bonds is 3. The van der Waals surface area contributed by atoms with Gasteiger partial charge in [-0.05, 0) is 0 Å². The van der Waals surface area contributed by atoms with Gasteiger partial charge in [-0.25, -0.2) is 14.5 Å². The highest BCUT2D eigenvalue weighted by atomic mass is 16.5. The molecule has 9 heteroatoms. The van der Waals surface area contributed by atoms with E-state index in [1.54, 1.807) is 6.20 Å². The predicted molar refractivity (Wildman–Crippen MR) is 66.7 cm³/mol. The standard InChI is InChI=1S/C11H10N6O3/c1-19-9-8-7(4-12-16-8)14-11(15-9)17-5-6(3-13-17)10(18)20-2/h3-5H,1-2H3,(H,12,16). The molecule has 9 nitrogen and oxygen atoms in total. The molecule has 0 atom stereocenters. The number of fused-ring (bicyclic) bond motifs is 1. The Hall–Kier alpha value is -2.97. The minimum Gasteiger partial charge on any atom is -0.479 e. The number of nitrogens with one attached hydrogen (secondary N) is 1. The predicted octanol–water partition coefficient (Wildman–Crippen LogP) is 0.334. The molecule has 0 saturated heterocycles. The van der Waals surface area contributed by atoms with Crippen LogP contribution in [0.3, 0.4) is 0 Å². The molecule has 0 aliphatic carbocycles. The summed E-state index contributed by atoms with van der Waals surface area (Å²) in [7, 11) is 2.80. The van der Waals surface area contributed by atoms with Crippen molar-refractivity contribution >= 4 is 17.0 Å². The molecule has 3 aromatic rings. The lowest BCUT2D eigenvalue weighted by atomic mass is 10.4. The molecular weight excluding hydrogens is 264 g/mol. The van der Waals surface area contributed by atoms with E-state index in [2.05, 4.69) is 30.0 Å². The van der Waals surface area contributed by atoms with Crippen LogP contribution in [0.2, 0.25) is 0 Å². The SMILES string of the molecule is COC(=O)c1cnn(-c2nc(OC)c3[nH]ncc3n2)c1. The van der Waals surface area contributed by atoms with Crippen molar-refractivity contribution in [3.63, 3.8) is 0 Å². The molecule has 0 amide bonds. The molecular formula is C11H10N6O3. The van der Waals surface area contributed by atoms with E-state index >= 15 is 0 Å². The van der Waals surface area contributed by atoms with Crippen LogP contribution in [0, 0.1) is 0 Å². The maximum absolute atomic E-state index is 11.4. The number of hydrogen-bond acceptors (Lipinski definition) is 7. The Kier molecular flexibility index (Phi) is 2.78. The van der Waals surface area contributed by atoms with Gasteiger partial charge < -0.3 is 9.47 Å². The summed E-state index contributed by atoms with van der Waals surface area (Å²) in [5, 5.41) is 10.7. The smallest absolute Gasteiger partial charge is 0.341 e. The van der Waals surface area contributed by atoms with Gasteiger partial charge in [-0.2, -0.15) is 15.2 Å². The van der Waals surface area contributed by atoms with Crippen molar-refractivity contribution in [2.45, 2.75) is 0 Å². The molecule has 20 heavy (non-hydrogen) atoms. The maximum Gasteiger partial charge on any atom is 0.341 e. The Morgan fingerprint density at radius 1 is 1.30 bits per heavy atom. The highest BCUT2D eigenvalue weighted by Gasteiger charge is 2.14. The number of nitrogens with zero attached hydrogens (tertiary/aromatic N) is 5. The summed E-state index contributed by atoms with van der Waals surface area (Å²) in [4.78, 5) is 19.9. The van der Waals surface area contributed by atoms with Crippen molar-refractivity contribution in [3.8, 4) is 11.8 Å². The molecule has 0 radical (unpaired) electrons. The Morgan fingerprint density at radius 3 is 2.90 bits per heavy atom. The van der Waals surface area contributed by atoms with Crippen LogP contribution in [0.25, 0.3) is 17.0 Å². The molecule has 0 spiro atoms. The van der Waals surface area contributed by atoms with Crippen molar-refractivity contribution in [2.24, 2.45) is 0 Å². The molecule has 102 valence electrons. The first-order valence-electron chi connectivity index (χ1n) is 5.61. The first kappa shape index (κ1) is 12.1. The first-order chi connectivity index (χ1) is 9.72. The average molecular weight is 274 g/mol. The third-order valence-corrected chi connectivity index (χ3v) is 2.66. The van der Waals surface area contributed by atoms with Crippen LogP contribution < -0.4 is 4.74 Å². The fraction of sp³-hybridized carbons (Fsp3) is 0.182. The van der Waals surface area contributed by atoms with Gasteiger partial charge in [0.1, 0.15) is 11.0 Å². The summed E-state index contributed by atoms with van der Waals surface area (Å²) in [5.74, 6) is 0.135. The topological polar surface area (TPSA) is 108 Å². The lowest BCUT2D eigenvalue weighted by molar-refractivity contribution is 0.0600. The molecule has 3 heterocycles. The second-order valence-corrected chi connectivity index (χ2v) is 3.83. The Balaban J connectivity index is 2.09. The molecule has 0 bridgehead atoms. The third-order valence-electron chi connectivity index (χ3n) is 2.66. The fourth-order valence-corrected chi connectivity index (χ4v) is 1.71. The number of H-pyrrole nitrogens is 1. The number of esters is 1. The fourth-order valence-electron chi connectivity index (χ4n) is 1.71. The number of ether oxygens (including phenoxy) is 2. The number of carbonyl (C=O) groups excluding carboxylic acids is 1. The summed E-state index contributed by atoms with van der Waals surface area (Å²) in [6.07, 6.45) is 4.40. The molecule has 3 aromatic heterocycles. The van der Waals surface area contributed by atoms with Crippen LogP contribution in [0.15, 0.2) is 18.6 Å². The van der Waals surface area contributed by atoms with Crippen molar-refractivity contribution in [3.05, 3.63) is 24.2 Å². The number of aromatic nitrogens is 6. The van der Waals surface area contributed by atoms with Crippen molar-refractivity contribution in [1.82, 2.24) is 29.9 Å². The van der Waals surface area contributed by atoms with Gasteiger partial charge in [0, 0.05) is 6.20 Å². The van der Waals surface area contributed by atoms with E-state index in [9.17, 15) is 4.79 Å². The number of aromatic amines is 1. The van der Waals surface area contributed by atoms with Crippen LogP contribution in [0.1, 0.15) is 10.4 Å². The zero-order chi connectivity index (χ0) is 14.1. The summed E-state index contributed by atoms with van der Waals surface area (Å²) < 4.78 is 11.1. The second-order valence-electron chi connectivity index (χ2n) is 3.83. The molecule has 0 aliphatic rings. The molecule has 3 rings (SSSR count). The van der Waals surface area contributed by atoms with E-state index in [-0.39, 0.29) is 5.95 Å². The Bertz CT molecular complexity index is 777. The highest BCUT2D eigenvalue weighted by Crippen LogP contribution is 2.20. The number of methoxy groups -OCH3 is 2. The van der Waals surface area contributed by atoms with Crippen LogP contribution >= 0.6 is 0 Å². The normalized spacial score (nSPS) is 10.7. The van der Waals surface area contributed by atoms with Gasteiger partial charge in [0.05, 0.1) is 32.2 Å². The van der Waals surface area contributed by atoms with E-state index in [0.29, 0.717) is 22.5 Å². The summed E-state index contributed by atoms with van der Waals surface area (Å²) in [5.41, 5.74) is 1.49. The van der Waals surface area contributed by atoms with Gasteiger partial charge in [-0.1, -0.05) is 0 Å². The molecule has 0 aromatic carbocycles. The number of carbonyl (C=O) groups is 1. The van der Waals surface area contributed by atoms with Gasteiger partial charge in [0.15, 0.2) is 0 Å². The zero-order valence-corrected chi connectivity index (χ0v) is 10.7. The summed E-state index contributed by atoms with van der Waals surface area (Å²) in [6.45, 7) is 0. The second kappa shape index (κ2) is 4.61. The van der Waals surface area contributed by atoms with Crippen LogP contribution in [0.4, 0.5) is 0 Å². The zero-order valence-electron chi connectivity index (χ0n) is 10.7. The molecule has 0 unspecified atom stereocenters.